The van der Waals surface area contributed by atoms with E-state index in [2.05, 4.69) is 4.98 Å². The van der Waals surface area contributed by atoms with E-state index in [1.165, 1.54) is 16.7 Å². The number of aryl methyl sites for hydroxylation is 1. The molecule has 1 fully saturated rings. The van der Waals surface area contributed by atoms with Crippen molar-refractivity contribution < 1.29 is 19.5 Å². The molecule has 10 heteroatoms. The van der Waals surface area contributed by atoms with Crippen LogP contribution in [0.1, 0.15) is 59.0 Å². The van der Waals surface area contributed by atoms with E-state index < -0.39 is 22.4 Å². The molecule has 0 radical (unpaired) electrons. The van der Waals surface area contributed by atoms with E-state index in [4.69, 9.17) is 0 Å². The Bertz CT molecular complexity index is 899. The smallest absolute Gasteiger partial charge is 0.408 e. The quantitative estimate of drug-likeness (QED) is 0.717. The largest absolute Gasteiger partial charge is 0.465 e. The zero-order valence-corrected chi connectivity index (χ0v) is 20.9. The predicted molar refractivity (Wildman–Crippen MR) is 124 cm³/mol. The Labute approximate surface area is 194 Å². The number of carbonyl (C=O) groups excluding carboxylic acids is 2. The van der Waals surface area contributed by atoms with Gasteiger partial charge in [-0.1, -0.05) is 0 Å². The Morgan fingerprint density at radius 2 is 1.81 bits per heavy atom. The number of amides is 3. The molecule has 0 unspecified atom stereocenters. The number of likely N-dealkylation sites (tertiary alicyclic amines) is 1. The van der Waals surface area contributed by atoms with E-state index >= 15 is 0 Å². The molecule has 1 atom stereocenters. The van der Waals surface area contributed by atoms with Gasteiger partial charge in [-0.3, -0.25) is 14.3 Å². The van der Waals surface area contributed by atoms with Crippen LogP contribution in [0.4, 0.5) is 9.59 Å². The van der Waals surface area contributed by atoms with Gasteiger partial charge in [0.25, 0.3) is 0 Å². The first-order valence-electron chi connectivity index (χ1n) is 11.0. The number of rotatable bonds is 5. The van der Waals surface area contributed by atoms with Crippen LogP contribution in [0.15, 0.2) is 6.20 Å². The fourth-order valence-corrected chi connectivity index (χ4v) is 5.14. The third-order valence-corrected chi connectivity index (χ3v) is 7.88. The number of hydrogen-bond donors (Lipinski definition) is 1. The molecule has 2 aliphatic heterocycles. The summed E-state index contributed by atoms with van der Waals surface area (Å²) in [6.07, 6.45) is 3.89. The monoisotopic (exact) mass is 465 g/mol. The third kappa shape index (κ3) is 4.33. The van der Waals surface area contributed by atoms with Gasteiger partial charge in [0, 0.05) is 29.4 Å². The van der Waals surface area contributed by atoms with Crippen LogP contribution in [0.25, 0.3) is 0 Å². The molecule has 0 saturated carbocycles. The van der Waals surface area contributed by atoms with Crippen LogP contribution in [0, 0.1) is 6.92 Å². The predicted octanol–water partition coefficient (Wildman–Crippen LogP) is 3.25. The van der Waals surface area contributed by atoms with E-state index in [0.717, 1.165) is 5.69 Å². The van der Waals surface area contributed by atoms with Crippen molar-refractivity contribution in [1.29, 1.82) is 0 Å². The Kier molecular flexibility index (Phi) is 6.57. The minimum atomic E-state index is -1.10. The molecule has 178 valence electrons. The zero-order chi connectivity index (χ0) is 24.0. The Morgan fingerprint density at radius 1 is 1.22 bits per heavy atom. The van der Waals surface area contributed by atoms with Crippen LogP contribution in [0.3, 0.4) is 0 Å². The van der Waals surface area contributed by atoms with E-state index in [1.54, 1.807) is 15.7 Å². The fraction of sp³-hybridized carbons (Fsp3) is 0.727. The topological polar surface area (TPSA) is 99.0 Å². The highest BCUT2D eigenvalue weighted by Gasteiger charge is 2.48. The molecular weight excluding hydrogens is 430 g/mol. The molecule has 3 heterocycles. The summed E-state index contributed by atoms with van der Waals surface area (Å²) < 4.78 is 1.06. The third-order valence-electron chi connectivity index (χ3n) is 6.60. The van der Waals surface area contributed by atoms with Gasteiger partial charge in [-0.05, 0) is 60.6 Å². The zero-order valence-electron chi connectivity index (χ0n) is 20.1. The highest BCUT2D eigenvalue weighted by Crippen LogP contribution is 2.35. The summed E-state index contributed by atoms with van der Waals surface area (Å²) in [6, 6.07) is -0.809. The van der Waals surface area contributed by atoms with Gasteiger partial charge >= 0.3 is 12.1 Å². The molecule has 0 bridgehead atoms. The molecule has 3 rings (SSSR count). The average Bonchev–Trinajstić information content (AvgIpc) is 3.24. The number of piperidine rings is 1. The van der Waals surface area contributed by atoms with Gasteiger partial charge in [-0.25, -0.2) is 14.6 Å². The number of thioether (sulfide) groups is 1. The molecule has 0 aliphatic carbocycles. The second kappa shape index (κ2) is 8.61. The van der Waals surface area contributed by atoms with Crippen molar-refractivity contribution in [2.45, 2.75) is 83.3 Å². The van der Waals surface area contributed by atoms with Crippen molar-refractivity contribution in [3.63, 3.8) is 0 Å². The molecule has 32 heavy (non-hydrogen) atoms. The Hall–Kier alpha value is -2.23. The summed E-state index contributed by atoms with van der Waals surface area (Å²) in [5.74, 6) is 0.525. The Morgan fingerprint density at radius 3 is 2.28 bits per heavy atom. The van der Waals surface area contributed by atoms with E-state index in [0.29, 0.717) is 38.3 Å². The minimum Gasteiger partial charge on any atom is -0.465 e. The molecule has 2 aliphatic rings. The Balaban J connectivity index is 1.75. The van der Waals surface area contributed by atoms with Gasteiger partial charge < -0.3 is 14.9 Å². The maximum Gasteiger partial charge on any atom is 0.408 e. The number of carbonyl (C=O) groups is 3. The minimum absolute atomic E-state index is 0.0500. The summed E-state index contributed by atoms with van der Waals surface area (Å²) in [5, 5.41) is 9.98. The first-order chi connectivity index (χ1) is 14.8. The van der Waals surface area contributed by atoms with Gasteiger partial charge in [0.15, 0.2) is 0 Å². The lowest BCUT2D eigenvalue weighted by Gasteiger charge is -2.47. The van der Waals surface area contributed by atoms with Crippen LogP contribution >= 0.6 is 11.8 Å². The van der Waals surface area contributed by atoms with Crippen LogP contribution in [0.2, 0.25) is 0 Å². The molecule has 3 amide bonds. The lowest BCUT2D eigenvalue weighted by Crippen LogP contribution is -2.64. The first kappa shape index (κ1) is 24.4. The maximum absolute atomic E-state index is 13.7. The van der Waals surface area contributed by atoms with Gasteiger partial charge in [-0.15, -0.1) is 0 Å². The molecule has 1 N–H and O–H groups in total. The SMILES string of the molecule is CSC(C)(C)[C@H](C(=O)N1CCC(N2Cc3cnc(C)n3C2=O)CC1)N(C(=O)O)C(C)(C)C. The van der Waals surface area contributed by atoms with Gasteiger partial charge in [0.2, 0.25) is 5.91 Å². The molecule has 0 aromatic carbocycles. The van der Waals surface area contributed by atoms with E-state index in [9.17, 15) is 19.5 Å². The van der Waals surface area contributed by atoms with Crippen LogP contribution in [-0.4, -0.2) is 89.1 Å². The first-order valence-corrected chi connectivity index (χ1v) is 12.2. The normalized spacial score (nSPS) is 18.7. The number of nitrogens with zero attached hydrogens (tertiary/aromatic N) is 5. The summed E-state index contributed by atoms with van der Waals surface area (Å²) >= 11 is 1.49. The molecule has 0 spiro atoms. The van der Waals surface area contributed by atoms with Crippen molar-refractivity contribution in [3.05, 3.63) is 17.7 Å². The van der Waals surface area contributed by atoms with Gasteiger partial charge in [-0.2, -0.15) is 11.8 Å². The summed E-state index contributed by atoms with van der Waals surface area (Å²) in [4.78, 5) is 47.9. The lowest BCUT2D eigenvalue weighted by atomic mass is 9.93. The van der Waals surface area contributed by atoms with Crippen molar-refractivity contribution >= 4 is 29.8 Å². The summed E-state index contributed by atoms with van der Waals surface area (Å²) in [6.45, 7) is 12.6. The fourth-order valence-electron chi connectivity index (χ4n) is 4.71. The molecule has 9 nitrogen and oxygen atoms in total. The van der Waals surface area contributed by atoms with E-state index in [-0.39, 0.29) is 18.0 Å². The van der Waals surface area contributed by atoms with Crippen molar-refractivity contribution in [1.82, 2.24) is 24.3 Å². The van der Waals surface area contributed by atoms with Crippen molar-refractivity contribution in [2.75, 3.05) is 19.3 Å². The molecular formula is C22H35N5O4S. The number of hydrogen-bond acceptors (Lipinski definition) is 5. The molecule has 1 aromatic rings. The summed E-state index contributed by atoms with van der Waals surface area (Å²) in [7, 11) is 0. The molecule has 1 aromatic heterocycles. The van der Waals surface area contributed by atoms with Crippen molar-refractivity contribution in [2.24, 2.45) is 0 Å². The number of carboxylic acid groups (broad SMARTS) is 1. The number of fused-ring (bicyclic) bond motifs is 1. The van der Waals surface area contributed by atoms with Crippen LogP contribution in [-0.2, 0) is 11.3 Å². The second-order valence-corrected chi connectivity index (χ2v) is 11.6. The molecule has 1 saturated heterocycles. The summed E-state index contributed by atoms with van der Waals surface area (Å²) in [5.41, 5.74) is 0.175. The van der Waals surface area contributed by atoms with Crippen LogP contribution in [0.5, 0.6) is 0 Å². The highest BCUT2D eigenvalue weighted by molar-refractivity contribution is 8.00. The number of aromatic nitrogens is 2. The highest BCUT2D eigenvalue weighted by atomic mass is 32.2. The maximum atomic E-state index is 13.7. The van der Waals surface area contributed by atoms with Crippen LogP contribution < -0.4 is 0 Å². The lowest BCUT2D eigenvalue weighted by molar-refractivity contribution is -0.140. The van der Waals surface area contributed by atoms with E-state index in [1.807, 2.05) is 52.7 Å². The second-order valence-electron chi connectivity index (χ2n) is 10.1. The standard InChI is InChI=1S/C22H35N5O4S/c1-14-23-12-16-13-25(19(29)26(14)16)15-8-10-24(11-9-15)18(28)17(22(5,6)32-7)27(20(30)31)21(2,3)4/h12,15,17H,8-11,13H2,1-7H3,(H,30,31)/t17-/m0/s1. The number of imidazole rings is 1. The van der Waals surface area contributed by atoms with Gasteiger partial charge in [0.05, 0.1) is 18.4 Å². The van der Waals surface area contributed by atoms with Crippen molar-refractivity contribution in [3.8, 4) is 0 Å². The average molecular weight is 466 g/mol. The van der Waals surface area contributed by atoms with Gasteiger partial charge in [0.1, 0.15) is 11.9 Å².